The van der Waals surface area contributed by atoms with Gasteiger partial charge in [-0.3, -0.25) is 14.4 Å². The summed E-state index contributed by atoms with van der Waals surface area (Å²) in [6, 6.07) is 0. The number of ether oxygens (including phenoxy) is 1. The molecular weight excluding hydrogens is 408 g/mol. The number of aromatic nitrogens is 2. The smallest absolute Gasteiger partial charge is 0.256 e. The lowest BCUT2D eigenvalue weighted by Gasteiger charge is -2.34. The zero-order valence-electron chi connectivity index (χ0n) is 19.4. The van der Waals surface area contributed by atoms with Crippen LogP contribution in [0.2, 0.25) is 0 Å². The third kappa shape index (κ3) is 4.75. The van der Waals surface area contributed by atoms with E-state index in [1.165, 1.54) is 0 Å². The maximum absolute atomic E-state index is 12.9. The number of carbonyl (C=O) groups excluding carboxylic acids is 2. The SMILES string of the molecule is CCC(CC)C(=O)N1CCC(c2nc3c(c(=O)[nH]2)CN(C(=O)C2CCOCC2)CC3)CC1. The lowest BCUT2D eigenvalue weighted by molar-refractivity contribution is -0.139. The first-order valence-corrected chi connectivity index (χ1v) is 12.3. The topological polar surface area (TPSA) is 95.6 Å². The molecule has 1 aromatic rings. The lowest BCUT2D eigenvalue weighted by Crippen LogP contribution is -2.44. The maximum atomic E-state index is 12.9. The molecule has 0 atom stereocenters. The quantitative estimate of drug-likeness (QED) is 0.751. The number of likely N-dealkylation sites (tertiary alicyclic amines) is 1. The fourth-order valence-corrected chi connectivity index (χ4v) is 5.30. The molecular formula is C24H36N4O4. The van der Waals surface area contributed by atoms with Crippen molar-refractivity contribution in [2.45, 2.75) is 71.3 Å². The summed E-state index contributed by atoms with van der Waals surface area (Å²) in [5.41, 5.74) is 1.34. The summed E-state index contributed by atoms with van der Waals surface area (Å²) in [6.45, 7) is 7.79. The van der Waals surface area contributed by atoms with Crippen molar-refractivity contribution in [2.75, 3.05) is 32.8 Å². The van der Waals surface area contributed by atoms with Gasteiger partial charge in [0.1, 0.15) is 5.82 Å². The van der Waals surface area contributed by atoms with Crippen LogP contribution in [0.5, 0.6) is 0 Å². The second kappa shape index (κ2) is 10.1. The lowest BCUT2D eigenvalue weighted by atomic mass is 9.93. The van der Waals surface area contributed by atoms with Gasteiger partial charge < -0.3 is 19.5 Å². The minimum Gasteiger partial charge on any atom is -0.381 e. The number of carbonyl (C=O) groups is 2. The van der Waals surface area contributed by atoms with Gasteiger partial charge >= 0.3 is 0 Å². The van der Waals surface area contributed by atoms with Crippen LogP contribution in [0.1, 0.15) is 75.4 Å². The number of hydrogen-bond acceptors (Lipinski definition) is 5. The Morgan fingerprint density at radius 3 is 2.41 bits per heavy atom. The summed E-state index contributed by atoms with van der Waals surface area (Å²) >= 11 is 0. The number of nitrogens with one attached hydrogen (secondary N) is 1. The van der Waals surface area contributed by atoms with Crippen LogP contribution in [-0.2, 0) is 27.3 Å². The molecule has 3 aliphatic rings. The van der Waals surface area contributed by atoms with Crippen LogP contribution in [0.25, 0.3) is 0 Å². The molecule has 8 nitrogen and oxygen atoms in total. The first-order chi connectivity index (χ1) is 15.5. The van der Waals surface area contributed by atoms with Crippen LogP contribution in [0.4, 0.5) is 0 Å². The van der Waals surface area contributed by atoms with Crippen LogP contribution < -0.4 is 5.56 Å². The average molecular weight is 445 g/mol. The molecule has 4 rings (SSSR count). The number of nitrogens with zero attached hydrogens (tertiary/aromatic N) is 3. The Morgan fingerprint density at radius 1 is 1.06 bits per heavy atom. The molecule has 3 aliphatic heterocycles. The molecule has 0 bridgehead atoms. The molecule has 1 aromatic heterocycles. The molecule has 4 heterocycles. The van der Waals surface area contributed by atoms with Gasteiger partial charge in [-0.1, -0.05) is 13.8 Å². The summed E-state index contributed by atoms with van der Waals surface area (Å²) in [7, 11) is 0. The molecule has 176 valence electrons. The zero-order valence-corrected chi connectivity index (χ0v) is 19.4. The van der Waals surface area contributed by atoms with Gasteiger partial charge in [-0.25, -0.2) is 4.98 Å². The van der Waals surface area contributed by atoms with E-state index in [0.717, 1.165) is 50.0 Å². The second-order valence-corrected chi connectivity index (χ2v) is 9.39. The van der Waals surface area contributed by atoms with Gasteiger partial charge in [0, 0.05) is 57.0 Å². The van der Waals surface area contributed by atoms with Crippen molar-refractivity contribution >= 4 is 11.8 Å². The molecule has 0 unspecified atom stereocenters. The molecule has 2 fully saturated rings. The Kier molecular flexibility index (Phi) is 7.28. The number of amides is 2. The van der Waals surface area contributed by atoms with E-state index in [9.17, 15) is 14.4 Å². The van der Waals surface area contributed by atoms with E-state index in [1.807, 2.05) is 9.80 Å². The maximum Gasteiger partial charge on any atom is 0.256 e. The fraction of sp³-hybridized carbons (Fsp3) is 0.750. The van der Waals surface area contributed by atoms with Crippen LogP contribution in [0, 0.1) is 11.8 Å². The van der Waals surface area contributed by atoms with Gasteiger partial charge in [-0.05, 0) is 38.5 Å². The zero-order chi connectivity index (χ0) is 22.7. The molecule has 0 radical (unpaired) electrons. The predicted molar refractivity (Wildman–Crippen MR) is 120 cm³/mol. The molecule has 0 spiro atoms. The minimum atomic E-state index is -0.120. The predicted octanol–water partition coefficient (Wildman–Crippen LogP) is 2.22. The fourth-order valence-electron chi connectivity index (χ4n) is 5.30. The van der Waals surface area contributed by atoms with E-state index in [-0.39, 0.29) is 35.1 Å². The van der Waals surface area contributed by atoms with E-state index >= 15 is 0 Å². The molecule has 32 heavy (non-hydrogen) atoms. The van der Waals surface area contributed by atoms with Crippen molar-refractivity contribution in [3.8, 4) is 0 Å². The first-order valence-electron chi connectivity index (χ1n) is 12.3. The van der Waals surface area contributed by atoms with Crippen molar-refractivity contribution in [1.29, 1.82) is 0 Å². The van der Waals surface area contributed by atoms with Gasteiger partial charge in [0.15, 0.2) is 0 Å². The van der Waals surface area contributed by atoms with Crippen molar-refractivity contribution in [3.63, 3.8) is 0 Å². The van der Waals surface area contributed by atoms with E-state index in [0.29, 0.717) is 51.4 Å². The number of aromatic amines is 1. The Morgan fingerprint density at radius 2 is 1.75 bits per heavy atom. The second-order valence-electron chi connectivity index (χ2n) is 9.39. The number of rotatable bonds is 5. The standard InChI is InChI=1S/C24H36N4O4/c1-3-16(4-2)23(30)27-10-5-17(6-11-27)21-25-20-7-12-28(15-19(20)22(29)26-21)24(31)18-8-13-32-14-9-18/h16-18H,3-15H2,1-2H3,(H,25,26,29). The molecule has 8 heteroatoms. The van der Waals surface area contributed by atoms with Gasteiger partial charge in [-0.2, -0.15) is 0 Å². The van der Waals surface area contributed by atoms with Gasteiger partial charge in [0.2, 0.25) is 11.8 Å². The van der Waals surface area contributed by atoms with Crippen molar-refractivity contribution in [2.24, 2.45) is 11.8 Å². The molecule has 0 saturated carbocycles. The highest BCUT2D eigenvalue weighted by atomic mass is 16.5. The minimum absolute atomic E-state index is 0.00419. The molecule has 0 aliphatic carbocycles. The molecule has 2 saturated heterocycles. The van der Waals surface area contributed by atoms with Gasteiger partial charge in [0.05, 0.1) is 17.8 Å². The Bertz CT molecular complexity index is 880. The van der Waals surface area contributed by atoms with Gasteiger partial charge in [-0.15, -0.1) is 0 Å². The number of H-pyrrole nitrogens is 1. The van der Waals surface area contributed by atoms with Crippen molar-refractivity contribution < 1.29 is 14.3 Å². The highest BCUT2D eigenvalue weighted by molar-refractivity contribution is 5.79. The van der Waals surface area contributed by atoms with Crippen LogP contribution in [-0.4, -0.2) is 64.4 Å². The Labute approximate surface area is 189 Å². The van der Waals surface area contributed by atoms with E-state index < -0.39 is 0 Å². The number of fused-ring (bicyclic) bond motifs is 1. The van der Waals surface area contributed by atoms with Crippen LogP contribution in [0.3, 0.4) is 0 Å². The first kappa shape index (κ1) is 23.0. The number of piperidine rings is 1. The molecule has 2 amide bonds. The van der Waals surface area contributed by atoms with E-state index in [4.69, 9.17) is 9.72 Å². The highest BCUT2D eigenvalue weighted by Crippen LogP contribution is 2.28. The van der Waals surface area contributed by atoms with Gasteiger partial charge in [0.25, 0.3) is 5.56 Å². The summed E-state index contributed by atoms with van der Waals surface area (Å²) in [5.74, 6) is 1.42. The molecule has 1 N–H and O–H groups in total. The number of hydrogen-bond donors (Lipinski definition) is 1. The molecule has 0 aromatic carbocycles. The summed E-state index contributed by atoms with van der Waals surface area (Å²) in [6.07, 6.45) is 5.53. The highest BCUT2D eigenvalue weighted by Gasteiger charge is 2.32. The average Bonchev–Trinajstić information content (AvgIpc) is 2.84. The van der Waals surface area contributed by atoms with Crippen molar-refractivity contribution in [1.82, 2.24) is 19.8 Å². The monoisotopic (exact) mass is 444 g/mol. The summed E-state index contributed by atoms with van der Waals surface area (Å²) < 4.78 is 5.37. The van der Waals surface area contributed by atoms with Crippen LogP contribution in [0.15, 0.2) is 4.79 Å². The van der Waals surface area contributed by atoms with E-state index in [1.54, 1.807) is 0 Å². The Hall–Kier alpha value is -2.22. The van der Waals surface area contributed by atoms with Crippen molar-refractivity contribution in [3.05, 3.63) is 27.4 Å². The largest absolute Gasteiger partial charge is 0.381 e. The van der Waals surface area contributed by atoms with Crippen LogP contribution >= 0.6 is 0 Å². The van der Waals surface area contributed by atoms with E-state index in [2.05, 4.69) is 18.8 Å². The summed E-state index contributed by atoms with van der Waals surface area (Å²) in [4.78, 5) is 50.0. The normalized spacial score (nSPS) is 20.5. The third-order valence-corrected chi connectivity index (χ3v) is 7.50. The Balaban J connectivity index is 1.40. The third-order valence-electron chi connectivity index (χ3n) is 7.50. The summed E-state index contributed by atoms with van der Waals surface area (Å²) in [5, 5.41) is 0.